The van der Waals surface area contributed by atoms with Crippen molar-refractivity contribution in [2.24, 2.45) is 0 Å². The number of aromatic carboxylic acids is 1. The van der Waals surface area contributed by atoms with Crippen molar-refractivity contribution in [1.29, 1.82) is 5.26 Å². The minimum atomic E-state index is -1.00. The third-order valence-corrected chi connectivity index (χ3v) is 3.16. The Morgan fingerprint density at radius 3 is 3.07 bits per heavy atom. The number of carboxylic acids is 1. The van der Waals surface area contributed by atoms with E-state index in [-0.39, 0.29) is 5.56 Å². The second kappa shape index (κ2) is 3.83. The monoisotopic (exact) mass is 220 g/mol. The summed E-state index contributed by atoms with van der Waals surface area (Å²) in [5.41, 5.74) is 1.20. The summed E-state index contributed by atoms with van der Waals surface area (Å²) in [5, 5.41) is 20.8. The highest BCUT2D eigenvalue weighted by molar-refractivity contribution is 7.99. The van der Waals surface area contributed by atoms with Crippen LogP contribution in [0.2, 0.25) is 0 Å². The van der Waals surface area contributed by atoms with Crippen molar-refractivity contribution in [3.8, 4) is 6.07 Å². The van der Waals surface area contributed by atoms with E-state index < -0.39 is 5.97 Å². The second-order valence-electron chi connectivity index (χ2n) is 3.09. The first kappa shape index (κ1) is 9.87. The molecular weight excluding hydrogens is 212 g/mol. The maximum Gasteiger partial charge on any atom is 0.337 e. The number of nitrogens with one attached hydrogen (secondary N) is 1. The SMILES string of the molecule is N#Cc1cc2c(c(C(=O)O)c1)NCCS2. The summed E-state index contributed by atoms with van der Waals surface area (Å²) in [7, 11) is 0. The Balaban J connectivity index is 2.62. The molecular formula is C10H8N2O2S. The van der Waals surface area contributed by atoms with Gasteiger partial charge in [0, 0.05) is 17.2 Å². The summed E-state index contributed by atoms with van der Waals surface area (Å²) in [4.78, 5) is 11.8. The van der Waals surface area contributed by atoms with Gasteiger partial charge in [0.2, 0.25) is 0 Å². The molecule has 1 aliphatic heterocycles. The van der Waals surface area contributed by atoms with Crippen molar-refractivity contribution in [2.45, 2.75) is 4.90 Å². The molecule has 0 amide bonds. The first-order valence-electron chi connectivity index (χ1n) is 4.40. The van der Waals surface area contributed by atoms with E-state index in [1.165, 1.54) is 6.07 Å². The Morgan fingerprint density at radius 2 is 2.40 bits per heavy atom. The number of thioether (sulfide) groups is 1. The maximum absolute atomic E-state index is 11.0. The molecule has 1 aromatic carbocycles. The van der Waals surface area contributed by atoms with E-state index in [4.69, 9.17) is 10.4 Å². The normalized spacial score (nSPS) is 13.5. The molecule has 4 nitrogen and oxygen atoms in total. The van der Waals surface area contributed by atoms with Crippen molar-refractivity contribution < 1.29 is 9.90 Å². The van der Waals surface area contributed by atoms with Gasteiger partial charge in [0.05, 0.1) is 22.9 Å². The van der Waals surface area contributed by atoms with Crippen LogP contribution in [0.3, 0.4) is 0 Å². The molecule has 1 heterocycles. The quantitative estimate of drug-likeness (QED) is 0.754. The summed E-state index contributed by atoms with van der Waals surface area (Å²) in [6, 6.07) is 5.09. The number of hydrogen-bond donors (Lipinski definition) is 2. The third kappa shape index (κ3) is 1.76. The maximum atomic E-state index is 11.0. The standard InChI is InChI=1S/C10H8N2O2S/c11-5-6-3-7(10(13)14)9-8(4-6)15-2-1-12-9/h3-4,12H,1-2H2,(H,13,14). The molecule has 0 bridgehead atoms. The third-order valence-electron chi connectivity index (χ3n) is 2.12. The molecule has 0 radical (unpaired) electrons. The number of nitrogens with zero attached hydrogens (tertiary/aromatic N) is 1. The fourth-order valence-corrected chi connectivity index (χ4v) is 2.44. The molecule has 2 N–H and O–H groups in total. The number of carboxylic acid groups (broad SMARTS) is 1. The van der Waals surface area contributed by atoms with Gasteiger partial charge in [-0.25, -0.2) is 4.79 Å². The van der Waals surface area contributed by atoms with E-state index in [2.05, 4.69) is 5.32 Å². The molecule has 15 heavy (non-hydrogen) atoms. The van der Waals surface area contributed by atoms with Crippen molar-refractivity contribution in [3.05, 3.63) is 23.3 Å². The van der Waals surface area contributed by atoms with E-state index in [0.29, 0.717) is 11.3 Å². The van der Waals surface area contributed by atoms with Gasteiger partial charge in [-0.1, -0.05) is 0 Å². The van der Waals surface area contributed by atoms with Crippen LogP contribution in [0.15, 0.2) is 17.0 Å². The van der Waals surface area contributed by atoms with Crippen LogP contribution in [0.1, 0.15) is 15.9 Å². The van der Waals surface area contributed by atoms with E-state index in [0.717, 1.165) is 17.2 Å². The lowest BCUT2D eigenvalue weighted by Crippen LogP contribution is -2.14. The number of nitriles is 1. The molecule has 0 spiro atoms. The number of carbonyl (C=O) groups is 1. The number of anilines is 1. The summed E-state index contributed by atoms with van der Waals surface area (Å²) >= 11 is 1.57. The molecule has 2 rings (SSSR count). The molecule has 76 valence electrons. The zero-order valence-corrected chi connectivity index (χ0v) is 8.60. The number of fused-ring (bicyclic) bond motifs is 1. The van der Waals surface area contributed by atoms with Crippen molar-refractivity contribution in [1.82, 2.24) is 0 Å². The van der Waals surface area contributed by atoms with Gasteiger partial charge in [-0.3, -0.25) is 0 Å². The van der Waals surface area contributed by atoms with E-state index in [9.17, 15) is 4.79 Å². The first-order valence-corrected chi connectivity index (χ1v) is 5.39. The average molecular weight is 220 g/mol. The molecule has 1 aliphatic rings. The van der Waals surface area contributed by atoms with Crippen LogP contribution in [0.4, 0.5) is 5.69 Å². The van der Waals surface area contributed by atoms with Gasteiger partial charge in [0.25, 0.3) is 0 Å². The smallest absolute Gasteiger partial charge is 0.337 e. The minimum Gasteiger partial charge on any atom is -0.478 e. The van der Waals surface area contributed by atoms with E-state index >= 15 is 0 Å². The number of benzene rings is 1. The number of rotatable bonds is 1. The van der Waals surface area contributed by atoms with Crippen molar-refractivity contribution in [2.75, 3.05) is 17.6 Å². The lowest BCUT2D eigenvalue weighted by atomic mass is 10.1. The lowest BCUT2D eigenvalue weighted by Gasteiger charge is -2.19. The molecule has 0 unspecified atom stereocenters. The first-order chi connectivity index (χ1) is 7.22. The summed E-state index contributed by atoms with van der Waals surface area (Å²) in [6.07, 6.45) is 0. The van der Waals surface area contributed by atoms with Crippen molar-refractivity contribution >= 4 is 23.4 Å². The highest BCUT2D eigenvalue weighted by Crippen LogP contribution is 2.34. The Morgan fingerprint density at radius 1 is 1.60 bits per heavy atom. The van der Waals surface area contributed by atoms with Crippen LogP contribution in [-0.4, -0.2) is 23.4 Å². The fraction of sp³-hybridized carbons (Fsp3) is 0.200. The topological polar surface area (TPSA) is 73.1 Å². The zero-order valence-electron chi connectivity index (χ0n) is 7.78. The van der Waals surface area contributed by atoms with Crippen LogP contribution in [0.5, 0.6) is 0 Å². The Bertz CT molecular complexity index is 465. The van der Waals surface area contributed by atoms with Crippen LogP contribution < -0.4 is 5.32 Å². The number of hydrogen-bond acceptors (Lipinski definition) is 4. The van der Waals surface area contributed by atoms with Crippen LogP contribution in [0, 0.1) is 11.3 Å². The average Bonchev–Trinajstić information content (AvgIpc) is 2.27. The summed E-state index contributed by atoms with van der Waals surface area (Å²) in [5.74, 6) is -0.112. The van der Waals surface area contributed by atoms with Crippen LogP contribution in [0.25, 0.3) is 0 Å². The molecule has 0 saturated carbocycles. The van der Waals surface area contributed by atoms with Gasteiger partial charge in [-0.2, -0.15) is 5.26 Å². The molecule has 5 heteroatoms. The van der Waals surface area contributed by atoms with E-state index in [1.807, 2.05) is 6.07 Å². The summed E-state index contributed by atoms with van der Waals surface area (Å²) in [6.45, 7) is 0.754. The van der Waals surface area contributed by atoms with Crippen LogP contribution in [-0.2, 0) is 0 Å². The predicted octanol–water partition coefficient (Wildman–Crippen LogP) is 1.77. The van der Waals surface area contributed by atoms with Gasteiger partial charge in [-0.05, 0) is 12.1 Å². The van der Waals surface area contributed by atoms with Gasteiger partial charge < -0.3 is 10.4 Å². The molecule has 0 aliphatic carbocycles. The Hall–Kier alpha value is -1.67. The highest BCUT2D eigenvalue weighted by atomic mass is 32.2. The van der Waals surface area contributed by atoms with Crippen LogP contribution >= 0.6 is 11.8 Å². The lowest BCUT2D eigenvalue weighted by molar-refractivity contribution is 0.0697. The molecule has 0 aromatic heterocycles. The van der Waals surface area contributed by atoms with Gasteiger partial charge in [-0.15, -0.1) is 11.8 Å². The van der Waals surface area contributed by atoms with Crippen molar-refractivity contribution in [3.63, 3.8) is 0 Å². The van der Waals surface area contributed by atoms with Gasteiger partial charge in [0.1, 0.15) is 0 Å². The highest BCUT2D eigenvalue weighted by Gasteiger charge is 2.18. The largest absolute Gasteiger partial charge is 0.478 e. The predicted molar refractivity (Wildman–Crippen MR) is 57.3 cm³/mol. The zero-order chi connectivity index (χ0) is 10.8. The second-order valence-corrected chi connectivity index (χ2v) is 4.23. The Kier molecular flexibility index (Phi) is 2.52. The molecule has 0 atom stereocenters. The van der Waals surface area contributed by atoms with Gasteiger partial charge >= 0.3 is 5.97 Å². The minimum absolute atomic E-state index is 0.177. The van der Waals surface area contributed by atoms with E-state index in [1.54, 1.807) is 17.8 Å². The molecule has 0 saturated heterocycles. The van der Waals surface area contributed by atoms with Gasteiger partial charge in [0.15, 0.2) is 0 Å². The Labute approximate surface area is 90.9 Å². The molecule has 0 fully saturated rings. The molecule has 1 aromatic rings. The fourth-order valence-electron chi connectivity index (χ4n) is 1.48. The summed E-state index contributed by atoms with van der Waals surface area (Å²) < 4.78 is 0.